The number of aryl methyl sites for hydroxylation is 1. The summed E-state index contributed by atoms with van der Waals surface area (Å²) in [5.41, 5.74) is 6.96. The average molecular weight is 498 g/mol. The van der Waals surface area contributed by atoms with Crippen LogP contribution in [0.2, 0.25) is 0 Å². The molecule has 1 aliphatic heterocycles. The van der Waals surface area contributed by atoms with Crippen molar-refractivity contribution in [1.29, 1.82) is 0 Å². The second-order valence-corrected chi connectivity index (χ2v) is 9.06. The molecule has 0 bridgehead atoms. The third-order valence-corrected chi connectivity index (χ3v) is 5.06. The van der Waals surface area contributed by atoms with Gasteiger partial charge in [0.05, 0.1) is 4.48 Å². The first-order valence-corrected chi connectivity index (χ1v) is 11.5. The minimum Gasteiger partial charge on any atom is -0.444 e. The Hall–Kier alpha value is -2.16. The van der Waals surface area contributed by atoms with Crippen molar-refractivity contribution in [2.45, 2.75) is 79.4 Å². The topological polar surface area (TPSA) is 102 Å². The Labute approximate surface area is 194 Å². The average Bonchev–Trinajstić information content (AvgIpc) is 2.68. The molecule has 1 aromatic rings. The van der Waals surface area contributed by atoms with Crippen molar-refractivity contribution in [2.24, 2.45) is 0 Å². The number of rotatable bonds is 4. The Bertz CT molecular complexity index is 799. The zero-order valence-electron chi connectivity index (χ0n) is 19.8. The monoisotopic (exact) mass is 497 g/mol. The lowest BCUT2D eigenvalue weighted by Gasteiger charge is -2.39. The first-order chi connectivity index (χ1) is 14.4. The molecule has 2 rings (SSSR count). The highest BCUT2D eigenvalue weighted by molar-refractivity contribution is 9.12. The first kappa shape index (κ1) is 26.9. The summed E-state index contributed by atoms with van der Waals surface area (Å²) in [6, 6.07) is -0.144. The van der Waals surface area contributed by atoms with Crippen LogP contribution in [0.25, 0.3) is 0 Å². The fourth-order valence-corrected chi connectivity index (χ4v) is 3.61. The summed E-state index contributed by atoms with van der Waals surface area (Å²) in [5, 5.41) is 0. The SMILES string of the molecule is C=C(Br)C(=O)N(c1nc(N)nc(C)c1CC)C1CCN(C(=O)OC(C)(C)C)CC1.CC. The largest absolute Gasteiger partial charge is 0.444 e. The van der Waals surface area contributed by atoms with Crippen LogP contribution in [0.4, 0.5) is 16.6 Å². The number of halogens is 1. The maximum Gasteiger partial charge on any atom is 0.410 e. The molecule has 0 aromatic carbocycles. The van der Waals surface area contributed by atoms with Crippen molar-refractivity contribution in [3.63, 3.8) is 0 Å². The van der Waals surface area contributed by atoms with Gasteiger partial charge in [0.2, 0.25) is 5.95 Å². The minimum atomic E-state index is -0.546. The normalized spacial score (nSPS) is 14.4. The van der Waals surface area contributed by atoms with Gasteiger partial charge in [-0.1, -0.05) is 27.4 Å². The van der Waals surface area contributed by atoms with E-state index in [4.69, 9.17) is 10.5 Å². The molecule has 9 heteroatoms. The van der Waals surface area contributed by atoms with Gasteiger partial charge >= 0.3 is 6.09 Å². The summed E-state index contributed by atoms with van der Waals surface area (Å²) in [6.07, 6.45) is 1.51. The number of carbonyl (C=O) groups excluding carboxylic acids is 2. The number of amides is 2. The van der Waals surface area contributed by atoms with Gasteiger partial charge in [-0.3, -0.25) is 9.69 Å². The molecule has 1 aliphatic rings. The number of aromatic nitrogens is 2. The molecule has 0 spiro atoms. The van der Waals surface area contributed by atoms with E-state index < -0.39 is 5.60 Å². The Morgan fingerprint density at radius 3 is 2.26 bits per heavy atom. The molecule has 0 saturated carbocycles. The van der Waals surface area contributed by atoms with Crippen LogP contribution in [0.5, 0.6) is 0 Å². The third kappa shape index (κ3) is 7.19. The highest BCUT2D eigenvalue weighted by atomic mass is 79.9. The lowest BCUT2D eigenvalue weighted by molar-refractivity contribution is -0.115. The smallest absolute Gasteiger partial charge is 0.410 e. The van der Waals surface area contributed by atoms with Crippen molar-refractivity contribution in [3.8, 4) is 0 Å². The van der Waals surface area contributed by atoms with E-state index in [9.17, 15) is 9.59 Å². The maximum atomic E-state index is 13.0. The van der Waals surface area contributed by atoms with E-state index in [-0.39, 0.29) is 28.5 Å². The van der Waals surface area contributed by atoms with Crippen LogP contribution in [0.1, 0.15) is 65.6 Å². The number of anilines is 2. The van der Waals surface area contributed by atoms with Crippen molar-refractivity contribution < 1.29 is 14.3 Å². The van der Waals surface area contributed by atoms with Gasteiger partial charge in [0.1, 0.15) is 11.4 Å². The van der Waals surface area contributed by atoms with Gasteiger partial charge in [-0.25, -0.2) is 9.78 Å². The predicted octanol–water partition coefficient (Wildman–Crippen LogP) is 4.60. The number of carbonyl (C=O) groups is 2. The van der Waals surface area contributed by atoms with E-state index in [0.717, 1.165) is 11.3 Å². The van der Waals surface area contributed by atoms with Crippen LogP contribution < -0.4 is 10.6 Å². The van der Waals surface area contributed by atoms with Crippen LogP contribution in [0.3, 0.4) is 0 Å². The second-order valence-electron chi connectivity index (χ2n) is 8.10. The van der Waals surface area contributed by atoms with Gasteiger partial charge < -0.3 is 15.4 Å². The van der Waals surface area contributed by atoms with Gasteiger partial charge in [0.25, 0.3) is 5.91 Å². The molecule has 2 heterocycles. The van der Waals surface area contributed by atoms with E-state index in [2.05, 4.69) is 32.5 Å². The quantitative estimate of drug-likeness (QED) is 0.609. The van der Waals surface area contributed by atoms with Crippen molar-refractivity contribution in [2.75, 3.05) is 23.7 Å². The molecular formula is C22H36BrN5O3. The van der Waals surface area contributed by atoms with Crippen LogP contribution in [0.15, 0.2) is 11.1 Å². The van der Waals surface area contributed by atoms with E-state index in [1.807, 2.05) is 48.5 Å². The molecule has 0 unspecified atom stereocenters. The molecule has 1 aromatic heterocycles. The molecule has 31 heavy (non-hydrogen) atoms. The molecule has 1 saturated heterocycles. The second kappa shape index (κ2) is 11.5. The summed E-state index contributed by atoms with van der Waals surface area (Å²) in [5.74, 6) is 0.366. The van der Waals surface area contributed by atoms with Gasteiger partial charge in [0, 0.05) is 30.4 Å². The summed E-state index contributed by atoms with van der Waals surface area (Å²) in [6.45, 7) is 18.1. The van der Waals surface area contributed by atoms with E-state index in [1.54, 1.807) is 9.80 Å². The summed E-state index contributed by atoms with van der Waals surface area (Å²) in [4.78, 5) is 37.3. The summed E-state index contributed by atoms with van der Waals surface area (Å²) in [7, 11) is 0. The molecule has 0 radical (unpaired) electrons. The maximum absolute atomic E-state index is 13.0. The first-order valence-electron chi connectivity index (χ1n) is 10.7. The molecule has 0 atom stereocenters. The number of nitrogen functional groups attached to an aromatic ring is 1. The Kier molecular flexibility index (Phi) is 9.93. The molecule has 0 aliphatic carbocycles. The van der Waals surface area contributed by atoms with E-state index >= 15 is 0 Å². The number of hydrogen-bond acceptors (Lipinski definition) is 6. The Morgan fingerprint density at radius 2 is 1.81 bits per heavy atom. The highest BCUT2D eigenvalue weighted by Gasteiger charge is 2.34. The number of nitrogens with zero attached hydrogens (tertiary/aromatic N) is 4. The lowest BCUT2D eigenvalue weighted by Crippen LogP contribution is -2.50. The standard InChI is InChI=1S/C20H30BrN5O3.C2H6/c1-7-15-13(3)23-18(22)24-16(15)26(17(27)12(2)21)14-8-10-25(11-9-14)19(28)29-20(4,5)6;1-2/h14H,2,7-11H2,1,3-6H3,(H2,22,23,24);1-2H3. The van der Waals surface area contributed by atoms with Crippen molar-refractivity contribution >= 4 is 39.7 Å². The predicted molar refractivity (Wildman–Crippen MR) is 128 cm³/mol. The molecule has 1 fully saturated rings. The zero-order valence-corrected chi connectivity index (χ0v) is 21.4. The van der Waals surface area contributed by atoms with Crippen molar-refractivity contribution in [3.05, 3.63) is 22.3 Å². The minimum absolute atomic E-state index is 0.124. The van der Waals surface area contributed by atoms with Crippen LogP contribution in [0, 0.1) is 6.92 Å². The van der Waals surface area contributed by atoms with E-state index in [0.29, 0.717) is 38.2 Å². The number of hydrogen-bond donors (Lipinski definition) is 1. The number of ether oxygens (including phenoxy) is 1. The molecule has 2 amide bonds. The number of nitrogens with two attached hydrogens (primary N) is 1. The van der Waals surface area contributed by atoms with E-state index in [1.165, 1.54) is 0 Å². The summed E-state index contributed by atoms with van der Waals surface area (Å²) < 4.78 is 5.70. The summed E-state index contributed by atoms with van der Waals surface area (Å²) >= 11 is 3.21. The van der Waals surface area contributed by atoms with Crippen LogP contribution in [-0.2, 0) is 16.0 Å². The highest BCUT2D eigenvalue weighted by Crippen LogP contribution is 2.30. The molecule has 8 nitrogen and oxygen atoms in total. The Morgan fingerprint density at radius 1 is 1.26 bits per heavy atom. The van der Waals surface area contributed by atoms with Gasteiger partial charge in [-0.15, -0.1) is 0 Å². The van der Waals surface area contributed by atoms with Crippen LogP contribution in [-0.4, -0.2) is 51.6 Å². The molecular weight excluding hydrogens is 462 g/mol. The molecule has 174 valence electrons. The number of piperidine rings is 1. The lowest BCUT2D eigenvalue weighted by atomic mass is 10.0. The van der Waals surface area contributed by atoms with Crippen LogP contribution >= 0.6 is 15.9 Å². The fourth-order valence-electron chi connectivity index (χ4n) is 3.41. The fraction of sp³-hybridized carbons (Fsp3) is 0.636. The van der Waals surface area contributed by atoms with Gasteiger partial charge in [0.15, 0.2) is 0 Å². The number of likely N-dealkylation sites (tertiary alicyclic amines) is 1. The van der Waals surface area contributed by atoms with Gasteiger partial charge in [-0.2, -0.15) is 4.98 Å². The van der Waals surface area contributed by atoms with Crippen molar-refractivity contribution in [1.82, 2.24) is 14.9 Å². The molecule has 2 N–H and O–H groups in total. The zero-order chi connectivity index (χ0) is 23.9. The Balaban J connectivity index is 0.00000233. The van der Waals surface area contributed by atoms with Gasteiger partial charge in [-0.05, 0) is 62.9 Å². The third-order valence-electron chi connectivity index (χ3n) is 4.72.